The average molecular weight is 249 g/mol. The van der Waals surface area contributed by atoms with Gasteiger partial charge in [-0.15, -0.1) is 11.6 Å². The smallest absolute Gasteiger partial charge is 0.270 e. The van der Waals surface area contributed by atoms with Crippen molar-refractivity contribution in [1.29, 1.82) is 0 Å². The van der Waals surface area contributed by atoms with Crippen LogP contribution in [0.4, 0.5) is 0 Å². The van der Waals surface area contributed by atoms with Crippen LogP contribution in [0.1, 0.15) is 12.0 Å². The number of benzene rings is 1. The summed E-state index contributed by atoms with van der Waals surface area (Å²) in [5, 5.41) is 0. The van der Waals surface area contributed by atoms with Gasteiger partial charge in [0, 0.05) is 5.88 Å². The second-order valence-corrected chi connectivity index (χ2v) is 5.07. The summed E-state index contributed by atoms with van der Waals surface area (Å²) in [6, 6.07) is 8.93. The third-order valence-corrected chi connectivity index (χ3v) is 3.21. The Morgan fingerprint density at radius 2 is 1.87 bits per heavy atom. The second kappa shape index (κ2) is 6.10. The fraction of sp³-hybridized carbons (Fsp3) is 0.400. The zero-order valence-electron chi connectivity index (χ0n) is 8.23. The molecule has 15 heavy (non-hydrogen) atoms. The number of hydrogen-bond donors (Lipinski definition) is 0. The van der Waals surface area contributed by atoms with Crippen molar-refractivity contribution in [2.24, 2.45) is 0 Å². The van der Waals surface area contributed by atoms with Crippen molar-refractivity contribution in [2.45, 2.75) is 12.2 Å². The molecule has 0 bridgehead atoms. The largest absolute Gasteiger partial charge is 0.271 e. The first kappa shape index (κ1) is 12.5. The molecule has 84 valence electrons. The van der Waals surface area contributed by atoms with Crippen LogP contribution in [0, 0.1) is 0 Å². The Kier molecular flexibility index (Phi) is 5.08. The van der Waals surface area contributed by atoms with Crippen LogP contribution in [0.25, 0.3) is 0 Å². The van der Waals surface area contributed by atoms with Gasteiger partial charge in [-0.05, 0) is 12.0 Å². The Morgan fingerprint density at radius 1 is 1.20 bits per heavy atom. The van der Waals surface area contributed by atoms with Crippen molar-refractivity contribution in [3.05, 3.63) is 35.9 Å². The van der Waals surface area contributed by atoms with E-state index < -0.39 is 10.1 Å². The van der Waals surface area contributed by atoms with Gasteiger partial charge in [-0.2, -0.15) is 8.42 Å². The molecular formula is C10H13ClO3S. The molecule has 0 aliphatic carbocycles. The maximum absolute atomic E-state index is 11.4. The summed E-state index contributed by atoms with van der Waals surface area (Å²) in [6.07, 6.45) is 0.537. The molecule has 1 rings (SSSR count). The van der Waals surface area contributed by atoms with Crippen molar-refractivity contribution in [2.75, 3.05) is 12.5 Å². The lowest BCUT2D eigenvalue weighted by Crippen LogP contribution is -2.10. The van der Waals surface area contributed by atoms with E-state index in [1.165, 1.54) is 0 Å². The third-order valence-electron chi connectivity index (χ3n) is 1.73. The van der Waals surface area contributed by atoms with Gasteiger partial charge in [-0.25, -0.2) is 0 Å². The highest BCUT2D eigenvalue weighted by atomic mass is 35.5. The van der Waals surface area contributed by atoms with Gasteiger partial charge in [0.05, 0.1) is 6.61 Å². The number of hydrogen-bond acceptors (Lipinski definition) is 3. The quantitative estimate of drug-likeness (QED) is 0.440. The molecule has 5 heteroatoms. The topological polar surface area (TPSA) is 43.4 Å². The average Bonchev–Trinajstić information content (AvgIpc) is 2.18. The minimum absolute atomic E-state index is 0.0872. The van der Waals surface area contributed by atoms with E-state index in [1.807, 2.05) is 6.07 Å². The van der Waals surface area contributed by atoms with Gasteiger partial charge in [0.1, 0.15) is 5.75 Å². The van der Waals surface area contributed by atoms with E-state index in [0.29, 0.717) is 12.3 Å². The summed E-state index contributed by atoms with van der Waals surface area (Å²) in [4.78, 5) is 0. The Labute approximate surface area is 95.1 Å². The summed E-state index contributed by atoms with van der Waals surface area (Å²) in [5.41, 5.74) is 0.725. The predicted octanol–water partition coefficient (Wildman–Crippen LogP) is 2.16. The third kappa shape index (κ3) is 5.16. The van der Waals surface area contributed by atoms with Crippen LogP contribution in [0.2, 0.25) is 0 Å². The molecule has 0 unspecified atom stereocenters. The summed E-state index contributed by atoms with van der Waals surface area (Å²) >= 11 is 5.42. The first-order chi connectivity index (χ1) is 7.14. The zero-order valence-corrected chi connectivity index (χ0v) is 9.80. The minimum Gasteiger partial charge on any atom is -0.270 e. The number of rotatable bonds is 6. The van der Waals surface area contributed by atoms with Gasteiger partial charge in [-0.3, -0.25) is 4.18 Å². The summed E-state index contributed by atoms with van der Waals surface area (Å²) in [5.74, 6) is 0.316. The Morgan fingerprint density at radius 3 is 2.47 bits per heavy atom. The lowest BCUT2D eigenvalue weighted by atomic mass is 10.2. The van der Waals surface area contributed by atoms with Crippen LogP contribution >= 0.6 is 11.6 Å². The SMILES string of the molecule is O=S(=O)(Cc1ccccc1)OCCCCl. The van der Waals surface area contributed by atoms with Crippen LogP contribution in [0.15, 0.2) is 30.3 Å². The van der Waals surface area contributed by atoms with Crippen LogP contribution in [-0.2, 0) is 20.1 Å². The van der Waals surface area contributed by atoms with Crippen molar-refractivity contribution in [3.8, 4) is 0 Å². The van der Waals surface area contributed by atoms with E-state index in [4.69, 9.17) is 15.8 Å². The molecule has 0 spiro atoms. The molecule has 0 saturated carbocycles. The van der Waals surface area contributed by atoms with Gasteiger partial charge in [0.2, 0.25) is 0 Å². The van der Waals surface area contributed by atoms with Gasteiger partial charge in [0.15, 0.2) is 0 Å². The lowest BCUT2D eigenvalue weighted by Gasteiger charge is -2.04. The Bertz CT molecular complexity index is 375. The fourth-order valence-electron chi connectivity index (χ4n) is 1.06. The molecule has 0 radical (unpaired) electrons. The Hall–Kier alpha value is -0.580. The van der Waals surface area contributed by atoms with Gasteiger partial charge in [-0.1, -0.05) is 30.3 Å². The van der Waals surface area contributed by atoms with Gasteiger partial charge >= 0.3 is 0 Å². The molecule has 3 nitrogen and oxygen atoms in total. The van der Waals surface area contributed by atoms with Crippen LogP contribution in [0.3, 0.4) is 0 Å². The molecule has 1 aromatic rings. The lowest BCUT2D eigenvalue weighted by molar-refractivity contribution is 0.318. The second-order valence-electron chi connectivity index (χ2n) is 3.05. The molecule has 1 aromatic carbocycles. The first-order valence-electron chi connectivity index (χ1n) is 4.61. The van der Waals surface area contributed by atoms with E-state index in [1.54, 1.807) is 24.3 Å². The van der Waals surface area contributed by atoms with E-state index in [2.05, 4.69) is 0 Å². The Balaban J connectivity index is 2.50. The molecule has 0 N–H and O–H groups in total. The molecule has 0 aliphatic heterocycles. The maximum atomic E-state index is 11.4. The molecule has 0 fully saturated rings. The monoisotopic (exact) mass is 248 g/mol. The summed E-state index contributed by atoms with van der Waals surface area (Å²) < 4.78 is 27.6. The summed E-state index contributed by atoms with van der Waals surface area (Å²) in [7, 11) is -3.47. The normalized spacial score (nSPS) is 11.5. The molecule has 0 amide bonds. The molecule has 0 saturated heterocycles. The fourth-order valence-corrected chi connectivity index (χ4v) is 2.23. The number of halogens is 1. The van der Waals surface area contributed by atoms with Crippen molar-refractivity contribution in [1.82, 2.24) is 0 Å². The molecule has 0 heterocycles. The van der Waals surface area contributed by atoms with Gasteiger partial charge < -0.3 is 0 Å². The van der Waals surface area contributed by atoms with Gasteiger partial charge in [0.25, 0.3) is 10.1 Å². The highest BCUT2D eigenvalue weighted by Gasteiger charge is 2.11. The highest BCUT2D eigenvalue weighted by molar-refractivity contribution is 7.85. The van der Waals surface area contributed by atoms with E-state index in [9.17, 15) is 8.42 Å². The van der Waals surface area contributed by atoms with E-state index >= 15 is 0 Å². The molecule has 0 aromatic heterocycles. The highest BCUT2D eigenvalue weighted by Crippen LogP contribution is 2.07. The molecule has 0 atom stereocenters. The van der Waals surface area contributed by atoms with E-state index in [0.717, 1.165) is 5.56 Å². The standard InChI is InChI=1S/C10H13ClO3S/c11-7-4-8-14-15(12,13)9-10-5-2-1-3-6-10/h1-3,5-6H,4,7-9H2. The summed E-state index contributed by atoms with van der Waals surface area (Å²) in [6.45, 7) is 0.151. The van der Waals surface area contributed by atoms with Crippen LogP contribution in [-0.4, -0.2) is 20.9 Å². The van der Waals surface area contributed by atoms with Crippen LogP contribution in [0.5, 0.6) is 0 Å². The van der Waals surface area contributed by atoms with Crippen LogP contribution < -0.4 is 0 Å². The molecule has 0 aliphatic rings. The number of alkyl halides is 1. The maximum Gasteiger partial charge on any atom is 0.271 e. The van der Waals surface area contributed by atoms with Crippen molar-refractivity contribution in [3.63, 3.8) is 0 Å². The first-order valence-corrected chi connectivity index (χ1v) is 6.72. The zero-order chi connectivity index (χ0) is 11.1. The molecular weight excluding hydrogens is 236 g/mol. The minimum atomic E-state index is -3.47. The van der Waals surface area contributed by atoms with Crippen molar-refractivity contribution < 1.29 is 12.6 Å². The predicted molar refractivity (Wildman–Crippen MR) is 60.4 cm³/mol. The van der Waals surface area contributed by atoms with E-state index in [-0.39, 0.29) is 12.4 Å². The van der Waals surface area contributed by atoms with Crippen molar-refractivity contribution >= 4 is 21.7 Å².